The van der Waals surface area contributed by atoms with Gasteiger partial charge in [-0.3, -0.25) is 4.98 Å². The van der Waals surface area contributed by atoms with Gasteiger partial charge in [-0.25, -0.2) is 9.97 Å². The quantitative estimate of drug-likeness (QED) is 0.257. The average Bonchev–Trinajstić information content (AvgIpc) is 3.04. The van der Waals surface area contributed by atoms with Gasteiger partial charge >= 0.3 is 0 Å². The van der Waals surface area contributed by atoms with Crippen molar-refractivity contribution in [2.45, 2.75) is 0 Å². The molecular formula is C33H23N3. The average molecular weight is 467 g/mol. The van der Waals surface area contributed by atoms with Crippen molar-refractivity contribution in [2.75, 3.05) is 0 Å². The smallest absolute Gasteiger partial charge is 0.159 e. The number of pyridine rings is 1. The van der Waals surface area contributed by atoms with Crippen molar-refractivity contribution < 1.29 is 6.85 Å². The van der Waals surface area contributed by atoms with Crippen molar-refractivity contribution in [3.05, 3.63) is 140 Å². The van der Waals surface area contributed by atoms with Crippen LogP contribution < -0.4 is 0 Å². The van der Waals surface area contributed by atoms with Crippen molar-refractivity contribution in [2.24, 2.45) is 0 Å². The Labute approximate surface area is 217 Å². The first kappa shape index (κ1) is 16.7. The largest absolute Gasteiger partial charge is 0.264 e. The van der Waals surface area contributed by atoms with Gasteiger partial charge in [0, 0.05) is 40.8 Å². The molecule has 2 aromatic heterocycles. The van der Waals surface area contributed by atoms with Crippen LogP contribution in [0.5, 0.6) is 0 Å². The Bertz CT molecular complexity index is 1860. The molecule has 3 nitrogen and oxygen atoms in total. The molecule has 0 aliphatic rings. The second kappa shape index (κ2) is 9.77. The van der Waals surface area contributed by atoms with E-state index in [0.717, 1.165) is 38.9 Å². The standard InChI is InChI=1S/C33H23N3/c1-3-10-24(11-4-1)26-14-8-17-29(21-26)32-31(23-35-33(36-32)25-12-5-2-6-13-25)28-16-7-15-27(20-28)30-18-9-19-34-22-30/h1-23H/i2D,5D,6D,12D,13D. The summed E-state index contributed by atoms with van der Waals surface area (Å²) < 4.78 is 41.2. The van der Waals surface area contributed by atoms with Gasteiger partial charge in [0.1, 0.15) is 0 Å². The van der Waals surface area contributed by atoms with Crippen LogP contribution in [0.4, 0.5) is 0 Å². The van der Waals surface area contributed by atoms with Crippen LogP contribution in [0.25, 0.3) is 56.0 Å². The van der Waals surface area contributed by atoms with Gasteiger partial charge in [0.15, 0.2) is 5.82 Å². The van der Waals surface area contributed by atoms with E-state index in [4.69, 9.17) is 11.8 Å². The minimum Gasteiger partial charge on any atom is -0.264 e. The third-order valence-corrected chi connectivity index (χ3v) is 5.92. The van der Waals surface area contributed by atoms with Crippen LogP contribution in [0.2, 0.25) is 0 Å². The van der Waals surface area contributed by atoms with Gasteiger partial charge in [-0.1, -0.05) is 103 Å². The fourth-order valence-electron chi connectivity index (χ4n) is 4.17. The van der Waals surface area contributed by atoms with E-state index in [1.807, 2.05) is 91.0 Å². The molecule has 170 valence electrons. The number of hydrogen-bond acceptors (Lipinski definition) is 3. The summed E-state index contributed by atoms with van der Waals surface area (Å²) in [6.45, 7) is 0. The fourth-order valence-corrected chi connectivity index (χ4v) is 4.17. The zero-order chi connectivity index (χ0) is 28.5. The third-order valence-electron chi connectivity index (χ3n) is 5.92. The molecule has 0 N–H and O–H groups in total. The predicted molar refractivity (Wildman–Crippen MR) is 147 cm³/mol. The summed E-state index contributed by atoms with van der Waals surface area (Å²) in [4.78, 5) is 13.7. The number of benzene rings is 4. The van der Waals surface area contributed by atoms with E-state index < -0.39 is 18.1 Å². The monoisotopic (exact) mass is 466 g/mol. The molecule has 0 unspecified atom stereocenters. The van der Waals surface area contributed by atoms with Gasteiger partial charge in [0.2, 0.25) is 0 Å². The molecule has 3 heteroatoms. The van der Waals surface area contributed by atoms with E-state index in [9.17, 15) is 0 Å². The molecule has 36 heavy (non-hydrogen) atoms. The molecule has 2 heterocycles. The van der Waals surface area contributed by atoms with Crippen LogP contribution in [-0.2, 0) is 0 Å². The van der Waals surface area contributed by atoms with Crippen LogP contribution in [-0.4, -0.2) is 15.0 Å². The van der Waals surface area contributed by atoms with Crippen LogP contribution in [0.15, 0.2) is 140 Å². The first-order chi connectivity index (χ1) is 19.9. The number of nitrogens with zero attached hydrogens (tertiary/aromatic N) is 3. The zero-order valence-corrected chi connectivity index (χ0v) is 19.2. The molecule has 0 aliphatic carbocycles. The van der Waals surface area contributed by atoms with Gasteiger partial charge in [0.05, 0.1) is 12.5 Å². The van der Waals surface area contributed by atoms with Crippen LogP contribution in [0.3, 0.4) is 0 Å². The van der Waals surface area contributed by atoms with Gasteiger partial charge < -0.3 is 0 Å². The third kappa shape index (κ3) is 4.42. The Morgan fingerprint density at radius 2 is 1.19 bits per heavy atom. The SMILES string of the molecule is [2H]c1c([2H])c([2H])c(-c2ncc(-c3cccc(-c4cccnc4)c3)c(-c3cccc(-c4ccccc4)c3)n2)c([2H])c1[2H]. The minimum atomic E-state index is -0.455. The maximum atomic E-state index is 8.48. The summed E-state index contributed by atoms with van der Waals surface area (Å²) >= 11 is 0. The normalized spacial score (nSPS) is 12.7. The highest BCUT2D eigenvalue weighted by Crippen LogP contribution is 2.35. The predicted octanol–water partition coefficient (Wildman–Crippen LogP) is 8.21. The van der Waals surface area contributed by atoms with E-state index in [1.54, 1.807) is 18.6 Å². The summed E-state index contributed by atoms with van der Waals surface area (Å²) in [7, 11) is 0. The van der Waals surface area contributed by atoms with Crippen LogP contribution in [0.1, 0.15) is 6.85 Å². The molecule has 0 atom stereocenters. The molecule has 0 saturated heterocycles. The lowest BCUT2D eigenvalue weighted by molar-refractivity contribution is 1.18. The van der Waals surface area contributed by atoms with Crippen molar-refractivity contribution >= 4 is 0 Å². The molecule has 0 fully saturated rings. The Kier molecular flexibility index (Phi) is 4.53. The highest BCUT2D eigenvalue weighted by Gasteiger charge is 2.14. The minimum absolute atomic E-state index is 0.0351. The van der Waals surface area contributed by atoms with E-state index in [-0.39, 0.29) is 23.5 Å². The lowest BCUT2D eigenvalue weighted by atomic mass is 9.95. The van der Waals surface area contributed by atoms with Crippen molar-refractivity contribution in [1.82, 2.24) is 15.0 Å². The van der Waals surface area contributed by atoms with E-state index >= 15 is 0 Å². The second-order valence-electron chi connectivity index (χ2n) is 8.23. The lowest BCUT2D eigenvalue weighted by Crippen LogP contribution is -1.96. The molecule has 6 aromatic rings. The molecule has 0 saturated carbocycles. The van der Waals surface area contributed by atoms with Gasteiger partial charge in [-0.2, -0.15) is 0 Å². The van der Waals surface area contributed by atoms with E-state index in [1.165, 1.54) is 0 Å². The van der Waals surface area contributed by atoms with Crippen LogP contribution in [0, 0.1) is 0 Å². The van der Waals surface area contributed by atoms with Crippen molar-refractivity contribution in [3.63, 3.8) is 0 Å². The molecule has 0 bridgehead atoms. The first-order valence-corrected chi connectivity index (χ1v) is 11.5. The zero-order valence-electron chi connectivity index (χ0n) is 24.2. The van der Waals surface area contributed by atoms with E-state index in [0.29, 0.717) is 5.69 Å². The molecular weight excluding hydrogens is 438 g/mol. The van der Waals surface area contributed by atoms with E-state index in [2.05, 4.69) is 9.97 Å². The summed E-state index contributed by atoms with van der Waals surface area (Å²) in [5, 5.41) is 0. The summed E-state index contributed by atoms with van der Waals surface area (Å²) in [5.41, 5.74) is 6.98. The van der Waals surface area contributed by atoms with Gasteiger partial charge in [0.25, 0.3) is 0 Å². The van der Waals surface area contributed by atoms with Crippen LogP contribution >= 0.6 is 0 Å². The van der Waals surface area contributed by atoms with Gasteiger partial charge in [-0.15, -0.1) is 0 Å². The molecule has 6 rings (SSSR count). The molecule has 0 spiro atoms. The summed E-state index contributed by atoms with van der Waals surface area (Å²) in [6.07, 6.45) is 5.20. The molecule has 4 aromatic carbocycles. The molecule has 0 radical (unpaired) electrons. The number of hydrogen-bond donors (Lipinski definition) is 0. The molecule has 0 aliphatic heterocycles. The Morgan fingerprint density at radius 3 is 1.97 bits per heavy atom. The number of aromatic nitrogens is 3. The highest BCUT2D eigenvalue weighted by molar-refractivity contribution is 5.85. The Morgan fingerprint density at radius 1 is 0.528 bits per heavy atom. The van der Waals surface area contributed by atoms with Crippen molar-refractivity contribution in [1.29, 1.82) is 0 Å². The number of rotatable bonds is 5. The van der Waals surface area contributed by atoms with Crippen molar-refractivity contribution in [3.8, 4) is 56.0 Å². The lowest BCUT2D eigenvalue weighted by Gasteiger charge is -2.13. The Balaban J connectivity index is 1.58. The maximum Gasteiger partial charge on any atom is 0.159 e. The summed E-state index contributed by atoms with van der Waals surface area (Å²) in [6, 6.07) is 27.9. The maximum absolute atomic E-state index is 8.48. The van der Waals surface area contributed by atoms with Gasteiger partial charge in [-0.05, 0) is 40.5 Å². The fraction of sp³-hybridized carbons (Fsp3) is 0. The first-order valence-electron chi connectivity index (χ1n) is 14.0. The summed E-state index contributed by atoms with van der Waals surface area (Å²) in [5.74, 6) is 0.0641. The second-order valence-corrected chi connectivity index (χ2v) is 8.23. The molecule has 0 amide bonds. The highest BCUT2D eigenvalue weighted by atomic mass is 14.9. The topological polar surface area (TPSA) is 38.7 Å². The Hall–Kier alpha value is -4.89.